The van der Waals surface area contributed by atoms with Gasteiger partial charge in [-0.25, -0.2) is 4.98 Å². The predicted molar refractivity (Wildman–Crippen MR) is 76.6 cm³/mol. The van der Waals surface area contributed by atoms with Crippen LogP contribution in [0.15, 0.2) is 29.0 Å². The van der Waals surface area contributed by atoms with E-state index in [-0.39, 0.29) is 0 Å². The van der Waals surface area contributed by atoms with Crippen molar-refractivity contribution in [3.05, 3.63) is 34.8 Å². The van der Waals surface area contributed by atoms with E-state index in [0.717, 1.165) is 16.8 Å². The summed E-state index contributed by atoms with van der Waals surface area (Å²) in [6.45, 7) is 0. The molecule has 0 spiro atoms. The minimum atomic E-state index is 0.804. The zero-order valence-corrected chi connectivity index (χ0v) is 12.0. The average Bonchev–Trinajstić information content (AvgIpc) is 2.76. The number of pyridine rings is 1. The molecule has 3 rings (SSSR count). The van der Waals surface area contributed by atoms with E-state index in [1.807, 2.05) is 6.20 Å². The normalized spacial score (nSPS) is 20.9. The summed E-state index contributed by atoms with van der Waals surface area (Å²) in [4.78, 5) is 4.57. The highest BCUT2D eigenvalue weighted by Crippen LogP contribution is 2.26. The molecule has 0 N–H and O–H groups in total. The van der Waals surface area contributed by atoms with Crippen LogP contribution in [-0.4, -0.2) is 20.9 Å². The largest absolute Gasteiger partial charge is 0.303 e. The van der Waals surface area contributed by atoms with Crippen LogP contribution in [0, 0.1) is 5.92 Å². The molecular weight excluding hydrogens is 296 g/mol. The van der Waals surface area contributed by atoms with E-state index >= 15 is 0 Å². The van der Waals surface area contributed by atoms with Crippen molar-refractivity contribution in [3.63, 3.8) is 0 Å². The lowest BCUT2D eigenvalue weighted by molar-refractivity contribution is 0.507. The van der Waals surface area contributed by atoms with Crippen LogP contribution in [0.1, 0.15) is 18.7 Å². The first-order chi connectivity index (χ1) is 8.34. The van der Waals surface area contributed by atoms with Gasteiger partial charge in [0.1, 0.15) is 5.82 Å². The highest BCUT2D eigenvalue weighted by molar-refractivity contribution is 9.10. The monoisotopic (exact) mass is 310 g/mol. The molecule has 1 saturated heterocycles. The Labute approximate surface area is 114 Å². The Bertz CT molecular complexity index is 517. The molecule has 1 unspecified atom stereocenters. The Hall–Kier alpha value is -0.480. The lowest BCUT2D eigenvalue weighted by Crippen LogP contribution is -2.14. The topological polar surface area (TPSA) is 17.3 Å². The highest BCUT2D eigenvalue weighted by atomic mass is 79.9. The molecule has 3 heterocycles. The molecule has 1 atom stereocenters. The average molecular weight is 311 g/mol. The molecule has 2 nitrogen and oxygen atoms in total. The summed E-state index contributed by atoms with van der Waals surface area (Å²) in [6, 6.07) is 4.13. The van der Waals surface area contributed by atoms with Gasteiger partial charge in [0.2, 0.25) is 0 Å². The van der Waals surface area contributed by atoms with Crippen LogP contribution in [0.5, 0.6) is 0 Å². The van der Waals surface area contributed by atoms with Gasteiger partial charge in [-0.15, -0.1) is 0 Å². The number of rotatable bonds is 2. The summed E-state index contributed by atoms with van der Waals surface area (Å²) in [6.07, 6.45) is 7.91. The molecule has 0 amide bonds. The van der Waals surface area contributed by atoms with Crippen LogP contribution in [0.3, 0.4) is 0 Å². The van der Waals surface area contributed by atoms with Crippen molar-refractivity contribution < 1.29 is 0 Å². The smallest absolute Gasteiger partial charge is 0.113 e. The van der Waals surface area contributed by atoms with Gasteiger partial charge in [0, 0.05) is 17.1 Å². The zero-order chi connectivity index (χ0) is 11.7. The van der Waals surface area contributed by atoms with Crippen LogP contribution in [0.4, 0.5) is 0 Å². The molecule has 2 aromatic heterocycles. The van der Waals surface area contributed by atoms with Gasteiger partial charge in [-0.05, 0) is 58.3 Å². The Balaban J connectivity index is 1.87. The molecule has 1 fully saturated rings. The number of imidazole rings is 1. The van der Waals surface area contributed by atoms with Crippen molar-refractivity contribution >= 4 is 33.2 Å². The van der Waals surface area contributed by atoms with Gasteiger partial charge >= 0.3 is 0 Å². The number of hydrogen-bond donors (Lipinski definition) is 0. The van der Waals surface area contributed by atoms with E-state index in [1.54, 1.807) is 0 Å². The lowest BCUT2D eigenvalue weighted by atomic mass is 10.0. The van der Waals surface area contributed by atoms with Gasteiger partial charge in [-0.1, -0.05) is 0 Å². The van der Waals surface area contributed by atoms with E-state index in [4.69, 9.17) is 0 Å². The fraction of sp³-hybridized carbons (Fsp3) is 0.462. The molecule has 17 heavy (non-hydrogen) atoms. The van der Waals surface area contributed by atoms with Crippen molar-refractivity contribution in [1.82, 2.24) is 9.38 Å². The summed E-state index contributed by atoms with van der Waals surface area (Å²) in [5.41, 5.74) is 1.17. The maximum Gasteiger partial charge on any atom is 0.113 e. The van der Waals surface area contributed by atoms with E-state index in [0.29, 0.717) is 0 Å². The molecule has 0 aliphatic carbocycles. The molecule has 90 valence electrons. The summed E-state index contributed by atoms with van der Waals surface area (Å²) in [5.74, 6) is 4.64. The van der Waals surface area contributed by atoms with Crippen LogP contribution >= 0.6 is 27.7 Å². The van der Waals surface area contributed by atoms with Gasteiger partial charge < -0.3 is 4.40 Å². The first kappa shape index (κ1) is 11.6. The van der Waals surface area contributed by atoms with Crippen LogP contribution in [0.2, 0.25) is 0 Å². The molecule has 0 aromatic carbocycles. The Kier molecular flexibility index (Phi) is 3.43. The first-order valence-corrected chi connectivity index (χ1v) is 7.97. The second-order valence-corrected chi connectivity index (χ2v) is 6.58. The molecule has 0 bridgehead atoms. The van der Waals surface area contributed by atoms with Crippen molar-refractivity contribution in [2.75, 3.05) is 11.5 Å². The minimum Gasteiger partial charge on any atom is -0.303 e. The van der Waals surface area contributed by atoms with Crippen LogP contribution in [0.25, 0.3) is 5.52 Å². The molecule has 0 saturated carbocycles. The zero-order valence-electron chi connectivity index (χ0n) is 9.60. The molecule has 1 aliphatic heterocycles. The molecule has 4 heteroatoms. The number of nitrogens with zero attached hydrogens (tertiary/aromatic N) is 2. The van der Waals surface area contributed by atoms with Crippen molar-refractivity contribution in [1.29, 1.82) is 0 Å². The van der Waals surface area contributed by atoms with Gasteiger partial charge in [-0.3, -0.25) is 0 Å². The fourth-order valence-corrected chi connectivity index (χ4v) is 4.02. The summed E-state index contributed by atoms with van der Waals surface area (Å²) < 4.78 is 3.33. The number of fused-ring (bicyclic) bond motifs is 1. The van der Waals surface area contributed by atoms with Crippen LogP contribution < -0.4 is 0 Å². The van der Waals surface area contributed by atoms with Gasteiger partial charge in [0.15, 0.2) is 0 Å². The van der Waals surface area contributed by atoms with E-state index in [9.17, 15) is 0 Å². The van der Waals surface area contributed by atoms with Crippen LogP contribution in [-0.2, 0) is 6.42 Å². The molecule has 1 aliphatic rings. The Morgan fingerprint density at radius 1 is 1.53 bits per heavy atom. The van der Waals surface area contributed by atoms with E-state index in [1.165, 1.54) is 35.7 Å². The number of thioether (sulfide) groups is 1. The standard InChI is InChI=1S/C13H15BrN2S/c14-11-4-1-5-16-12(11)8-15-13(16)7-10-3-2-6-17-9-10/h1,4-5,8,10H,2-3,6-7,9H2. The summed E-state index contributed by atoms with van der Waals surface area (Å²) in [7, 11) is 0. The fourth-order valence-electron chi connectivity index (χ4n) is 2.42. The SMILES string of the molecule is Brc1cccn2c(CC3CCCSC3)ncc12. The summed E-state index contributed by atoms with van der Waals surface area (Å²) in [5, 5.41) is 0. The summed E-state index contributed by atoms with van der Waals surface area (Å²) >= 11 is 5.66. The van der Waals surface area contributed by atoms with Gasteiger partial charge in [-0.2, -0.15) is 11.8 Å². The van der Waals surface area contributed by atoms with Gasteiger partial charge in [0.25, 0.3) is 0 Å². The third kappa shape index (κ3) is 2.38. The van der Waals surface area contributed by atoms with Crippen molar-refractivity contribution in [2.45, 2.75) is 19.3 Å². The van der Waals surface area contributed by atoms with E-state index in [2.05, 4.69) is 55.4 Å². The number of hydrogen-bond acceptors (Lipinski definition) is 2. The molecule has 0 radical (unpaired) electrons. The molecular formula is C13H15BrN2S. The maximum atomic E-state index is 4.57. The third-order valence-corrected chi connectivity index (χ3v) is 5.28. The predicted octanol–water partition coefficient (Wildman–Crippen LogP) is 3.78. The minimum absolute atomic E-state index is 0.804. The van der Waals surface area contributed by atoms with Crippen molar-refractivity contribution in [3.8, 4) is 0 Å². The Morgan fingerprint density at radius 2 is 2.47 bits per heavy atom. The highest BCUT2D eigenvalue weighted by Gasteiger charge is 2.17. The van der Waals surface area contributed by atoms with E-state index < -0.39 is 0 Å². The second kappa shape index (κ2) is 5.02. The maximum absolute atomic E-state index is 4.57. The molecule has 2 aromatic rings. The number of halogens is 1. The Morgan fingerprint density at radius 3 is 3.29 bits per heavy atom. The second-order valence-electron chi connectivity index (χ2n) is 4.57. The lowest BCUT2D eigenvalue weighted by Gasteiger charge is -2.20. The quantitative estimate of drug-likeness (QED) is 0.839. The number of aromatic nitrogens is 2. The van der Waals surface area contributed by atoms with Gasteiger partial charge in [0.05, 0.1) is 11.7 Å². The third-order valence-electron chi connectivity index (χ3n) is 3.32. The first-order valence-electron chi connectivity index (χ1n) is 6.03. The van der Waals surface area contributed by atoms with Crippen molar-refractivity contribution in [2.24, 2.45) is 5.92 Å².